The van der Waals surface area contributed by atoms with Gasteiger partial charge in [-0.05, 0) is 42.7 Å². The molecule has 1 fully saturated rings. The first kappa shape index (κ1) is 20.2. The molecule has 1 saturated heterocycles. The number of nitrogens with zero attached hydrogens (tertiary/aromatic N) is 1. The monoisotopic (exact) mass is 403 g/mol. The lowest BCUT2D eigenvalue weighted by Gasteiger charge is -2.28. The Bertz CT molecular complexity index is 924. The molecule has 0 aliphatic carbocycles. The Morgan fingerprint density at radius 3 is 2.46 bits per heavy atom. The maximum absolute atomic E-state index is 12.9. The predicted molar refractivity (Wildman–Crippen MR) is 107 cm³/mol. The second-order valence-corrected chi connectivity index (χ2v) is 9.21. The van der Waals surface area contributed by atoms with E-state index in [1.165, 1.54) is 0 Å². The van der Waals surface area contributed by atoms with Gasteiger partial charge in [-0.3, -0.25) is 4.79 Å². The second-order valence-electron chi connectivity index (χ2n) is 6.98. The highest BCUT2D eigenvalue weighted by molar-refractivity contribution is 7.91. The summed E-state index contributed by atoms with van der Waals surface area (Å²) in [4.78, 5) is 14.6. The van der Waals surface area contributed by atoms with Crippen LogP contribution in [0.2, 0.25) is 0 Å². The molecule has 2 aromatic carbocycles. The minimum absolute atomic E-state index is 0.000735. The van der Waals surface area contributed by atoms with Gasteiger partial charge in [-0.15, -0.1) is 0 Å². The highest BCUT2D eigenvalue weighted by Crippen LogP contribution is 2.22. The molecule has 1 unspecified atom stereocenters. The van der Waals surface area contributed by atoms with E-state index in [9.17, 15) is 13.2 Å². The van der Waals surface area contributed by atoms with E-state index in [1.807, 2.05) is 55.5 Å². The summed E-state index contributed by atoms with van der Waals surface area (Å²) in [5, 5.41) is 0. The zero-order chi connectivity index (χ0) is 20.1. The van der Waals surface area contributed by atoms with Crippen molar-refractivity contribution < 1.29 is 22.7 Å². The summed E-state index contributed by atoms with van der Waals surface area (Å²) >= 11 is 0. The molecule has 7 heteroatoms. The number of rotatable bonds is 7. The number of para-hydroxylation sites is 1. The number of benzene rings is 2. The third kappa shape index (κ3) is 5.04. The van der Waals surface area contributed by atoms with Gasteiger partial charge in [0.2, 0.25) is 0 Å². The van der Waals surface area contributed by atoms with Crippen LogP contribution < -0.4 is 9.47 Å². The lowest BCUT2D eigenvalue weighted by atomic mass is 10.1. The molecule has 150 valence electrons. The highest BCUT2D eigenvalue weighted by Gasteiger charge is 2.34. The van der Waals surface area contributed by atoms with Crippen molar-refractivity contribution >= 4 is 15.7 Å². The van der Waals surface area contributed by atoms with Crippen molar-refractivity contribution in [3.63, 3.8) is 0 Å². The second kappa shape index (κ2) is 8.65. The van der Waals surface area contributed by atoms with Crippen molar-refractivity contribution in [2.45, 2.75) is 25.9 Å². The fourth-order valence-corrected chi connectivity index (χ4v) is 5.04. The first-order chi connectivity index (χ1) is 13.4. The first-order valence-electron chi connectivity index (χ1n) is 9.19. The van der Waals surface area contributed by atoms with Gasteiger partial charge >= 0.3 is 0 Å². The summed E-state index contributed by atoms with van der Waals surface area (Å²) in [6.45, 7) is 2.12. The lowest BCUT2D eigenvalue weighted by molar-refractivity contribution is -0.136. The van der Waals surface area contributed by atoms with Crippen LogP contribution in [-0.2, 0) is 21.2 Å². The fourth-order valence-electron chi connectivity index (χ4n) is 3.31. The van der Waals surface area contributed by atoms with Gasteiger partial charge in [-0.2, -0.15) is 0 Å². The average Bonchev–Trinajstić information content (AvgIpc) is 3.05. The van der Waals surface area contributed by atoms with Crippen LogP contribution in [0.5, 0.6) is 11.5 Å². The van der Waals surface area contributed by atoms with Crippen molar-refractivity contribution in [1.29, 1.82) is 0 Å². The summed E-state index contributed by atoms with van der Waals surface area (Å²) in [6.07, 6.45) is 0.453. The summed E-state index contributed by atoms with van der Waals surface area (Å²) in [7, 11) is -1.51. The molecular formula is C21H25NO5S. The van der Waals surface area contributed by atoms with Gasteiger partial charge in [-0.25, -0.2) is 8.42 Å². The minimum atomic E-state index is -3.11. The smallest absolute Gasteiger partial charge is 0.261 e. The van der Waals surface area contributed by atoms with Crippen molar-refractivity contribution in [2.24, 2.45) is 0 Å². The van der Waals surface area contributed by atoms with E-state index >= 15 is 0 Å². The van der Waals surface area contributed by atoms with E-state index in [4.69, 9.17) is 9.47 Å². The molecule has 3 rings (SSSR count). The molecule has 28 heavy (non-hydrogen) atoms. The number of hydrogen-bond donors (Lipinski definition) is 0. The molecular weight excluding hydrogens is 378 g/mol. The molecule has 0 aromatic heterocycles. The van der Waals surface area contributed by atoms with E-state index in [0.29, 0.717) is 18.7 Å². The largest absolute Gasteiger partial charge is 0.497 e. The maximum Gasteiger partial charge on any atom is 0.261 e. The molecule has 2 aromatic rings. The summed E-state index contributed by atoms with van der Waals surface area (Å²) in [6, 6.07) is 14.6. The standard InChI is InChI=1S/C21H25NO5S/c1-16-5-3-4-6-20(16)27-14-21(23)22(18-11-12-28(24,25)15-18)13-17-7-9-19(26-2)10-8-17/h3-10,18H,11-15H2,1-2H3. The van der Waals surface area contributed by atoms with Gasteiger partial charge in [-0.1, -0.05) is 30.3 Å². The number of methoxy groups -OCH3 is 1. The van der Waals surface area contributed by atoms with Gasteiger partial charge in [0, 0.05) is 12.6 Å². The molecule has 1 aliphatic rings. The number of hydrogen-bond acceptors (Lipinski definition) is 5. The average molecular weight is 404 g/mol. The first-order valence-corrected chi connectivity index (χ1v) is 11.0. The molecule has 1 amide bonds. The van der Waals surface area contributed by atoms with Gasteiger partial charge in [0.05, 0.1) is 18.6 Å². The Morgan fingerprint density at radius 2 is 1.86 bits per heavy atom. The Morgan fingerprint density at radius 1 is 1.14 bits per heavy atom. The van der Waals surface area contributed by atoms with E-state index in [1.54, 1.807) is 12.0 Å². The Labute approximate surface area is 166 Å². The Hall–Kier alpha value is -2.54. The van der Waals surface area contributed by atoms with E-state index in [2.05, 4.69) is 0 Å². The van der Waals surface area contributed by atoms with Crippen LogP contribution in [0.3, 0.4) is 0 Å². The minimum Gasteiger partial charge on any atom is -0.497 e. The van der Waals surface area contributed by atoms with E-state index in [-0.39, 0.29) is 30.1 Å². The summed E-state index contributed by atoms with van der Waals surface area (Å²) < 4.78 is 34.8. The van der Waals surface area contributed by atoms with Gasteiger partial charge in [0.1, 0.15) is 11.5 Å². The van der Waals surface area contributed by atoms with Crippen LogP contribution in [0.1, 0.15) is 17.5 Å². The SMILES string of the molecule is COc1ccc(CN(C(=O)COc2ccccc2C)C2CCS(=O)(=O)C2)cc1. The van der Waals surface area contributed by atoms with Crippen LogP contribution in [0.25, 0.3) is 0 Å². The molecule has 6 nitrogen and oxygen atoms in total. The van der Waals surface area contributed by atoms with Crippen molar-refractivity contribution in [3.8, 4) is 11.5 Å². The van der Waals surface area contributed by atoms with Crippen LogP contribution >= 0.6 is 0 Å². The Kier molecular flexibility index (Phi) is 6.24. The molecule has 0 N–H and O–H groups in total. The highest BCUT2D eigenvalue weighted by atomic mass is 32.2. The van der Waals surface area contributed by atoms with Crippen molar-refractivity contribution in [3.05, 3.63) is 59.7 Å². The molecule has 0 bridgehead atoms. The van der Waals surface area contributed by atoms with Crippen molar-refractivity contribution in [2.75, 3.05) is 25.2 Å². The van der Waals surface area contributed by atoms with Crippen molar-refractivity contribution in [1.82, 2.24) is 4.90 Å². The molecule has 0 saturated carbocycles. The third-order valence-electron chi connectivity index (χ3n) is 4.93. The molecule has 0 spiro atoms. The van der Waals surface area contributed by atoms with Gasteiger partial charge in [0.25, 0.3) is 5.91 Å². The summed E-state index contributed by atoms with van der Waals surface area (Å²) in [5.74, 6) is 1.27. The zero-order valence-corrected chi connectivity index (χ0v) is 16.9. The number of ether oxygens (including phenoxy) is 2. The summed E-state index contributed by atoms with van der Waals surface area (Å²) in [5.41, 5.74) is 1.86. The fraction of sp³-hybridized carbons (Fsp3) is 0.381. The van der Waals surface area contributed by atoms with Crippen LogP contribution in [0, 0.1) is 6.92 Å². The van der Waals surface area contributed by atoms with E-state index in [0.717, 1.165) is 16.9 Å². The number of carbonyl (C=O) groups is 1. The Balaban J connectivity index is 1.74. The lowest BCUT2D eigenvalue weighted by Crippen LogP contribution is -2.43. The van der Waals surface area contributed by atoms with Gasteiger partial charge in [0.15, 0.2) is 16.4 Å². The topological polar surface area (TPSA) is 72.9 Å². The zero-order valence-electron chi connectivity index (χ0n) is 16.1. The van der Waals surface area contributed by atoms with Crippen LogP contribution in [-0.4, -0.2) is 50.5 Å². The maximum atomic E-state index is 12.9. The number of aryl methyl sites for hydroxylation is 1. The molecule has 1 heterocycles. The van der Waals surface area contributed by atoms with Gasteiger partial charge < -0.3 is 14.4 Å². The third-order valence-corrected chi connectivity index (χ3v) is 6.68. The number of sulfone groups is 1. The van der Waals surface area contributed by atoms with Crippen LogP contribution in [0.15, 0.2) is 48.5 Å². The number of amides is 1. The number of carbonyl (C=O) groups excluding carboxylic acids is 1. The molecule has 0 radical (unpaired) electrons. The molecule has 1 atom stereocenters. The van der Waals surface area contributed by atoms with E-state index < -0.39 is 9.84 Å². The quantitative estimate of drug-likeness (QED) is 0.711. The predicted octanol–water partition coefficient (Wildman–Crippen LogP) is 2.60. The van der Waals surface area contributed by atoms with Crippen LogP contribution in [0.4, 0.5) is 0 Å². The molecule has 1 aliphatic heterocycles. The normalized spacial score (nSPS) is 17.9.